The molecule has 2 heterocycles. The number of ether oxygens (including phenoxy) is 3. The molecule has 2 aromatic rings. The molecule has 1 aromatic heterocycles. The maximum Gasteiger partial charge on any atom is 0.341 e. The minimum absolute atomic E-state index is 0.276. The Morgan fingerprint density at radius 3 is 2.60 bits per heavy atom. The van der Waals surface area contributed by atoms with Crippen LogP contribution >= 0.6 is 11.6 Å². The minimum Gasteiger partial charge on any atom is -0.492 e. The molecule has 1 N–H and O–H groups in total. The number of carbonyl (C=O) groups is 1. The number of aromatic carboxylic acids is 1. The van der Waals surface area contributed by atoms with Crippen LogP contribution in [0, 0.1) is 5.92 Å². The molecule has 0 atom stereocenters. The van der Waals surface area contributed by atoms with E-state index in [-0.39, 0.29) is 5.56 Å². The molecule has 1 aromatic carbocycles. The second-order valence-corrected chi connectivity index (χ2v) is 7.90. The topological polar surface area (TPSA) is 87.0 Å². The van der Waals surface area contributed by atoms with E-state index in [1.807, 2.05) is 0 Å². The van der Waals surface area contributed by atoms with Crippen molar-refractivity contribution < 1.29 is 24.1 Å². The van der Waals surface area contributed by atoms with E-state index in [0.29, 0.717) is 54.1 Å². The van der Waals surface area contributed by atoms with Gasteiger partial charge in [-0.15, -0.1) is 0 Å². The summed E-state index contributed by atoms with van der Waals surface area (Å²) in [5.41, 5.74) is 0.333. The molecule has 0 unspecified atom stereocenters. The first kappa shape index (κ1) is 23.8. The van der Waals surface area contributed by atoms with E-state index in [1.54, 1.807) is 23.8 Å². The second-order valence-electron chi connectivity index (χ2n) is 7.49. The summed E-state index contributed by atoms with van der Waals surface area (Å²) in [7, 11) is 1.62. The first-order chi connectivity index (χ1) is 14.2. The Hall–Kier alpha value is -2.51. The standard InChI is InChI=1S/C18H18ClNO6.C4H10/c1-24-4-2-5-25-17-9-16-11(7-13(17)19)14-8-15(21)12(18(22)23)10-20(14)3-6-26-16;1-4(2)3/h7-10H,2-6H2,1H3,(H,22,23);4H,1-3H3. The van der Waals surface area contributed by atoms with Crippen molar-refractivity contribution in [3.05, 3.63) is 45.2 Å². The zero-order valence-corrected chi connectivity index (χ0v) is 18.5. The molecule has 0 saturated carbocycles. The zero-order valence-electron chi connectivity index (χ0n) is 17.7. The number of benzene rings is 1. The number of carboxylic acid groups (broad SMARTS) is 1. The van der Waals surface area contributed by atoms with E-state index in [2.05, 4.69) is 20.8 Å². The molecule has 0 fully saturated rings. The predicted molar refractivity (Wildman–Crippen MR) is 116 cm³/mol. The lowest BCUT2D eigenvalue weighted by molar-refractivity contribution is 0.0694. The lowest BCUT2D eigenvalue weighted by Crippen LogP contribution is -2.19. The van der Waals surface area contributed by atoms with Crippen LogP contribution < -0.4 is 14.9 Å². The van der Waals surface area contributed by atoms with Crippen LogP contribution in [0.15, 0.2) is 29.2 Å². The van der Waals surface area contributed by atoms with Crippen molar-refractivity contribution in [1.82, 2.24) is 4.57 Å². The lowest BCUT2D eigenvalue weighted by Gasteiger charge is -2.14. The van der Waals surface area contributed by atoms with Gasteiger partial charge in [0.2, 0.25) is 0 Å². The van der Waals surface area contributed by atoms with Crippen LogP contribution in [0.1, 0.15) is 37.6 Å². The largest absolute Gasteiger partial charge is 0.492 e. The van der Waals surface area contributed by atoms with Crippen LogP contribution in [0.4, 0.5) is 0 Å². The fourth-order valence-electron chi connectivity index (χ4n) is 2.76. The summed E-state index contributed by atoms with van der Waals surface area (Å²) < 4.78 is 18.1. The van der Waals surface area contributed by atoms with Crippen molar-refractivity contribution in [2.75, 3.05) is 26.9 Å². The zero-order chi connectivity index (χ0) is 22.3. The van der Waals surface area contributed by atoms with Crippen LogP contribution in [0.25, 0.3) is 11.3 Å². The van der Waals surface area contributed by atoms with E-state index in [9.17, 15) is 9.59 Å². The summed E-state index contributed by atoms with van der Waals surface area (Å²) in [6.07, 6.45) is 2.06. The Kier molecular flexibility index (Phi) is 8.74. The van der Waals surface area contributed by atoms with E-state index < -0.39 is 11.4 Å². The van der Waals surface area contributed by atoms with Crippen molar-refractivity contribution in [1.29, 1.82) is 0 Å². The highest BCUT2D eigenvalue weighted by molar-refractivity contribution is 6.32. The van der Waals surface area contributed by atoms with Crippen LogP contribution in [0.3, 0.4) is 0 Å². The van der Waals surface area contributed by atoms with Crippen LogP contribution in [0.2, 0.25) is 5.02 Å². The van der Waals surface area contributed by atoms with Crippen LogP contribution in [-0.4, -0.2) is 42.6 Å². The fourth-order valence-corrected chi connectivity index (χ4v) is 2.97. The van der Waals surface area contributed by atoms with Gasteiger partial charge in [0.25, 0.3) is 0 Å². The molecule has 7 nitrogen and oxygen atoms in total. The fraction of sp³-hybridized carbons (Fsp3) is 0.455. The minimum atomic E-state index is -1.26. The highest BCUT2D eigenvalue weighted by atomic mass is 35.5. The molecule has 1 aliphatic rings. The van der Waals surface area contributed by atoms with E-state index in [4.69, 9.17) is 30.9 Å². The van der Waals surface area contributed by atoms with E-state index in [1.165, 1.54) is 12.3 Å². The number of nitrogens with zero attached hydrogens (tertiary/aromatic N) is 1. The number of hydrogen-bond acceptors (Lipinski definition) is 5. The molecule has 8 heteroatoms. The van der Waals surface area contributed by atoms with Gasteiger partial charge in [0.1, 0.15) is 23.7 Å². The van der Waals surface area contributed by atoms with Crippen molar-refractivity contribution in [2.24, 2.45) is 5.92 Å². The average Bonchev–Trinajstić information content (AvgIpc) is 2.83. The van der Waals surface area contributed by atoms with Crippen LogP contribution in [0.5, 0.6) is 11.5 Å². The van der Waals surface area contributed by atoms with E-state index in [0.717, 1.165) is 12.3 Å². The number of rotatable bonds is 6. The molecule has 3 rings (SSSR count). The molecular formula is C22H28ClNO6. The number of halogens is 1. The Morgan fingerprint density at radius 1 is 1.27 bits per heavy atom. The van der Waals surface area contributed by atoms with E-state index >= 15 is 0 Å². The normalized spacial score (nSPS) is 12.1. The van der Waals surface area contributed by atoms with Crippen molar-refractivity contribution >= 4 is 17.6 Å². The van der Waals surface area contributed by atoms with Gasteiger partial charge >= 0.3 is 5.97 Å². The highest BCUT2D eigenvalue weighted by Crippen LogP contribution is 2.39. The number of methoxy groups -OCH3 is 1. The molecule has 0 saturated heterocycles. The van der Waals surface area contributed by atoms with Crippen molar-refractivity contribution in [2.45, 2.75) is 33.7 Å². The Morgan fingerprint density at radius 2 is 1.97 bits per heavy atom. The number of carboxylic acids is 1. The van der Waals surface area contributed by atoms with Crippen molar-refractivity contribution in [3.63, 3.8) is 0 Å². The molecule has 0 aliphatic carbocycles. The first-order valence-electron chi connectivity index (χ1n) is 9.80. The van der Waals surface area contributed by atoms with Gasteiger partial charge in [-0.3, -0.25) is 4.79 Å². The predicted octanol–water partition coefficient (Wildman–Crippen LogP) is 4.34. The van der Waals surface area contributed by atoms with Gasteiger partial charge in [-0.1, -0.05) is 32.4 Å². The quantitative estimate of drug-likeness (QED) is 0.676. The van der Waals surface area contributed by atoms with Gasteiger partial charge in [-0.05, 0) is 12.0 Å². The Bertz CT molecular complexity index is 935. The maximum atomic E-state index is 12.1. The lowest BCUT2D eigenvalue weighted by atomic mass is 10.1. The summed E-state index contributed by atoms with van der Waals surface area (Å²) in [5.74, 6) is 0.595. The molecular weight excluding hydrogens is 410 g/mol. The SMILES string of the molecule is CC(C)C.COCCCOc1cc2c(cc1Cl)-c1cc(=O)c(C(=O)O)cn1CCO2. The average molecular weight is 438 g/mol. The number of pyridine rings is 1. The third-order valence-electron chi connectivity index (χ3n) is 4.01. The molecule has 0 bridgehead atoms. The van der Waals surface area contributed by atoms with Gasteiger partial charge in [0.15, 0.2) is 5.43 Å². The molecule has 30 heavy (non-hydrogen) atoms. The van der Waals surface area contributed by atoms with Gasteiger partial charge in [-0.25, -0.2) is 4.79 Å². The Labute approximate surface area is 181 Å². The third kappa shape index (κ3) is 6.24. The molecule has 1 aliphatic heterocycles. The Balaban J connectivity index is 0.000000735. The summed E-state index contributed by atoms with van der Waals surface area (Å²) in [6, 6.07) is 4.65. The number of fused-ring (bicyclic) bond motifs is 3. The maximum absolute atomic E-state index is 12.1. The summed E-state index contributed by atoms with van der Waals surface area (Å²) in [5, 5.41) is 9.53. The molecule has 0 spiro atoms. The monoisotopic (exact) mass is 437 g/mol. The summed E-state index contributed by atoms with van der Waals surface area (Å²) >= 11 is 6.32. The van der Waals surface area contributed by atoms with Gasteiger partial charge < -0.3 is 23.9 Å². The number of aromatic nitrogens is 1. The van der Waals surface area contributed by atoms with Gasteiger partial charge in [0, 0.05) is 44.0 Å². The molecule has 0 radical (unpaired) electrons. The summed E-state index contributed by atoms with van der Waals surface area (Å²) in [4.78, 5) is 23.3. The smallest absolute Gasteiger partial charge is 0.341 e. The first-order valence-corrected chi connectivity index (χ1v) is 10.2. The molecule has 0 amide bonds. The molecule has 164 valence electrons. The van der Waals surface area contributed by atoms with Crippen LogP contribution in [-0.2, 0) is 11.3 Å². The number of hydrogen-bond donors (Lipinski definition) is 1. The van der Waals surface area contributed by atoms with Gasteiger partial charge in [0.05, 0.1) is 23.9 Å². The summed E-state index contributed by atoms with van der Waals surface area (Å²) in [6.45, 7) is 8.27. The highest BCUT2D eigenvalue weighted by Gasteiger charge is 2.21. The second kappa shape index (κ2) is 11.0. The third-order valence-corrected chi connectivity index (χ3v) is 4.30. The van der Waals surface area contributed by atoms with Crippen molar-refractivity contribution in [3.8, 4) is 22.8 Å². The van der Waals surface area contributed by atoms with Gasteiger partial charge in [-0.2, -0.15) is 0 Å².